The summed E-state index contributed by atoms with van der Waals surface area (Å²) < 4.78 is 5.74. The summed E-state index contributed by atoms with van der Waals surface area (Å²) in [6.07, 6.45) is 3.98. The van der Waals surface area contributed by atoms with Gasteiger partial charge < -0.3 is 15.0 Å². The van der Waals surface area contributed by atoms with E-state index in [-0.39, 0.29) is 24.2 Å². The molecule has 164 valence electrons. The number of carbonyl (C=O) groups is 2. The van der Waals surface area contributed by atoms with Crippen LogP contribution in [0.5, 0.6) is 5.75 Å². The summed E-state index contributed by atoms with van der Waals surface area (Å²) in [5, 5.41) is 2.96. The van der Waals surface area contributed by atoms with Gasteiger partial charge in [0.2, 0.25) is 11.8 Å². The molecule has 0 saturated carbocycles. The highest BCUT2D eigenvalue weighted by atomic mass is 32.2. The van der Waals surface area contributed by atoms with E-state index in [1.807, 2.05) is 73.0 Å². The number of anilines is 1. The van der Waals surface area contributed by atoms with E-state index in [9.17, 15) is 9.59 Å². The number of ether oxygens (including phenoxy) is 1. The van der Waals surface area contributed by atoms with Crippen molar-refractivity contribution in [1.29, 1.82) is 0 Å². The smallest absolute Gasteiger partial charge is 0.227 e. The second-order valence-corrected chi connectivity index (χ2v) is 8.45. The molecule has 1 unspecified atom stereocenters. The predicted molar refractivity (Wildman–Crippen MR) is 126 cm³/mol. The Morgan fingerprint density at radius 3 is 2.59 bits per heavy atom. The molecule has 1 fully saturated rings. The van der Waals surface area contributed by atoms with Crippen molar-refractivity contribution >= 4 is 29.3 Å². The van der Waals surface area contributed by atoms with Gasteiger partial charge in [-0.05, 0) is 60.4 Å². The van der Waals surface area contributed by atoms with Crippen molar-refractivity contribution in [3.8, 4) is 5.75 Å². The highest BCUT2D eigenvalue weighted by Crippen LogP contribution is 2.27. The van der Waals surface area contributed by atoms with Crippen molar-refractivity contribution in [2.45, 2.75) is 24.5 Å². The summed E-state index contributed by atoms with van der Waals surface area (Å²) in [6, 6.07) is 21.2. The molecular formula is C25H25N3O3S. The normalized spacial score (nSPS) is 15.6. The van der Waals surface area contributed by atoms with Crippen molar-refractivity contribution in [3.05, 3.63) is 84.2 Å². The summed E-state index contributed by atoms with van der Waals surface area (Å²) in [6.45, 7) is 1.22. The summed E-state index contributed by atoms with van der Waals surface area (Å²) in [7, 11) is 0. The number of pyridine rings is 1. The Morgan fingerprint density at radius 1 is 1.12 bits per heavy atom. The van der Waals surface area contributed by atoms with Crippen molar-refractivity contribution in [1.82, 2.24) is 10.3 Å². The van der Waals surface area contributed by atoms with Gasteiger partial charge in [-0.2, -0.15) is 0 Å². The van der Waals surface area contributed by atoms with Gasteiger partial charge in [-0.15, -0.1) is 11.8 Å². The molecule has 0 bridgehead atoms. The van der Waals surface area contributed by atoms with Gasteiger partial charge in [-0.3, -0.25) is 14.6 Å². The molecule has 1 aromatic heterocycles. The quantitative estimate of drug-likeness (QED) is 0.528. The van der Waals surface area contributed by atoms with E-state index < -0.39 is 0 Å². The summed E-state index contributed by atoms with van der Waals surface area (Å²) in [5.74, 6) is 0.285. The summed E-state index contributed by atoms with van der Waals surface area (Å²) >= 11 is 1.65. The van der Waals surface area contributed by atoms with Crippen LogP contribution in [0.25, 0.3) is 0 Å². The van der Waals surface area contributed by atoms with Crippen LogP contribution in [0.4, 0.5) is 5.69 Å². The van der Waals surface area contributed by atoms with E-state index in [1.54, 1.807) is 22.9 Å². The number of carbonyl (C=O) groups excluding carboxylic acids is 2. The molecule has 1 aliphatic rings. The van der Waals surface area contributed by atoms with Crippen LogP contribution >= 0.6 is 11.8 Å². The maximum Gasteiger partial charge on any atom is 0.227 e. The molecule has 0 radical (unpaired) electrons. The zero-order chi connectivity index (χ0) is 22.3. The maximum atomic E-state index is 12.6. The molecule has 3 aromatic rings. The van der Waals surface area contributed by atoms with E-state index in [4.69, 9.17) is 4.74 Å². The number of nitrogens with one attached hydrogen (secondary N) is 1. The summed E-state index contributed by atoms with van der Waals surface area (Å²) in [4.78, 5) is 32.2. The molecular weight excluding hydrogens is 422 g/mol. The molecule has 0 spiro atoms. The Balaban J connectivity index is 1.26. The molecule has 2 amide bonds. The fourth-order valence-electron chi connectivity index (χ4n) is 3.57. The van der Waals surface area contributed by atoms with Crippen LogP contribution in [0.2, 0.25) is 0 Å². The molecule has 0 aliphatic carbocycles. The first-order valence-corrected chi connectivity index (χ1v) is 11.7. The van der Waals surface area contributed by atoms with E-state index in [2.05, 4.69) is 10.3 Å². The first kappa shape index (κ1) is 21.9. The summed E-state index contributed by atoms with van der Waals surface area (Å²) in [5.41, 5.74) is 2.67. The zero-order valence-corrected chi connectivity index (χ0v) is 18.7. The van der Waals surface area contributed by atoms with Crippen molar-refractivity contribution in [2.75, 3.05) is 17.7 Å². The lowest BCUT2D eigenvalue weighted by molar-refractivity contribution is -0.126. The third-order valence-electron chi connectivity index (χ3n) is 5.38. The molecule has 1 N–H and O–H groups in total. The molecule has 1 saturated heterocycles. The lowest BCUT2D eigenvalue weighted by atomic mass is 10.1. The van der Waals surface area contributed by atoms with E-state index in [0.717, 1.165) is 27.6 Å². The van der Waals surface area contributed by atoms with E-state index in [0.29, 0.717) is 19.7 Å². The fraction of sp³-hybridized carbons (Fsp3) is 0.240. The van der Waals surface area contributed by atoms with Crippen LogP contribution in [0, 0.1) is 5.92 Å². The average molecular weight is 448 g/mol. The Hall–Kier alpha value is -3.32. The van der Waals surface area contributed by atoms with Gasteiger partial charge in [0, 0.05) is 36.3 Å². The van der Waals surface area contributed by atoms with Crippen molar-refractivity contribution in [2.24, 2.45) is 5.92 Å². The van der Waals surface area contributed by atoms with Crippen LogP contribution in [0.15, 0.2) is 77.8 Å². The van der Waals surface area contributed by atoms with Gasteiger partial charge in [0.05, 0.1) is 11.6 Å². The van der Waals surface area contributed by atoms with Gasteiger partial charge in [0.1, 0.15) is 12.4 Å². The Bertz CT molecular complexity index is 1060. The monoisotopic (exact) mass is 447 g/mol. The van der Waals surface area contributed by atoms with Crippen LogP contribution in [0.1, 0.15) is 17.7 Å². The molecule has 32 heavy (non-hydrogen) atoms. The van der Waals surface area contributed by atoms with Gasteiger partial charge in [0.15, 0.2) is 0 Å². The first-order chi connectivity index (χ1) is 15.6. The van der Waals surface area contributed by atoms with E-state index >= 15 is 0 Å². The largest absolute Gasteiger partial charge is 0.487 e. The number of rotatable bonds is 8. The number of thioether (sulfide) groups is 1. The lowest BCUT2D eigenvalue weighted by Crippen LogP contribution is -2.32. The standard InChI is InChI=1S/C25H25N3O3S/c1-32-23-11-7-21(8-12-23)28-16-19(14-24(28)29)25(30)27-15-18-5-9-22(10-6-18)31-17-20-4-2-3-13-26-20/h2-13,19H,14-17H2,1H3,(H,27,30). The van der Waals surface area contributed by atoms with Gasteiger partial charge in [0.25, 0.3) is 0 Å². The molecule has 1 aliphatic heterocycles. The third kappa shape index (κ3) is 5.48. The number of aromatic nitrogens is 1. The SMILES string of the molecule is CSc1ccc(N2CC(C(=O)NCc3ccc(OCc4ccccn4)cc3)CC2=O)cc1. The van der Waals surface area contributed by atoms with Gasteiger partial charge in [-0.25, -0.2) is 0 Å². The Kier molecular flexibility index (Phi) is 7.07. The topological polar surface area (TPSA) is 71.5 Å². The predicted octanol–water partition coefficient (Wildman–Crippen LogP) is 4.05. The lowest BCUT2D eigenvalue weighted by Gasteiger charge is -2.17. The molecule has 2 aromatic carbocycles. The fourth-order valence-corrected chi connectivity index (χ4v) is 3.98. The second kappa shape index (κ2) is 10.3. The zero-order valence-electron chi connectivity index (χ0n) is 17.9. The maximum absolute atomic E-state index is 12.6. The highest BCUT2D eigenvalue weighted by molar-refractivity contribution is 7.98. The van der Waals surface area contributed by atoms with Crippen molar-refractivity contribution in [3.63, 3.8) is 0 Å². The molecule has 2 heterocycles. The minimum atomic E-state index is -0.344. The molecule has 7 heteroatoms. The number of hydrogen-bond acceptors (Lipinski definition) is 5. The number of hydrogen-bond donors (Lipinski definition) is 1. The first-order valence-electron chi connectivity index (χ1n) is 10.5. The third-order valence-corrected chi connectivity index (χ3v) is 6.13. The number of nitrogens with zero attached hydrogens (tertiary/aromatic N) is 2. The minimum absolute atomic E-state index is 0.0172. The van der Waals surface area contributed by atoms with Crippen LogP contribution in [-0.4, -0.2) is 29.6 Å². The molecule has 1 atom stereocenters. The van der Waals surface area contributed by atoms with Crippen LogP contribution < -0.4 is 15.0 Å². The van der Waals surface area contributed by atoms with Gasteiger partial charge >= 0.3 is 0 Å². The minimum Gasteiger partial charge on any atom is -0.487 e. The molecule has 4 rings (SSSR count). The van der Waals surface area contributed by atoms with Crippen LogP contribution in [-0.2, 0) is 22.7 Å². The Morgan fingerprint density at radius 2 is 1.91 bits per heavy atom. The van der Waals surface area contributed by atoms with E-state index in [1.165, 1.54) is 0 Å². The number of amides is 2. The Labute approximate surface area is 192 Å². The average Bonchev–Trinajstić information content (AvgIpc) is 3.24. The van der Waals surface area contributed by atoms with Crippen molar-refractivity contribution < 1.29 is 14.3 Å². The van der Waals surface area contributed by atoms with Gasteiger partial charge in [-0.1, -0.05) is 18.2 Å². The molecule has 6 nitrogen and oxygen atoms in total. The van der Waals surface area contributed by atoms with Crippen LogP contribution in [0.3, 0.4) is 0 Å². The highest BCUT2D eigenvalue weighted by Gasteiger charge is 2.34. The second-order valence-electron chi connectivity index (χ2n) is 7.57. The number of benzene rings is 2.